The van der Waals surface area contributed by atoms with E-state index >= 15 is 0 Å². The Morgan fingerprint density at radius 1 is 0.967 bits per heavy atom. The predicted octanol–water partition coefficient (Wildman–Crippen LogP) is 4.83. The van der Waals surface area contributed by atoms with Gasteiger partial charge < -0.3 is 5.32 Å². The molecule has 4 rings (SSSR count). The molecule has 0 bridgehead atoms. The van der Waals surface area contributed by atoms with E-state index in [9.17, 15) is 13.2 Å². The third-order valence-electron chi connectivity index (χ3n) is 5.06. The monoisotopic (exact) mass is 438 g/mol. The van der Waals surface area contributed by atoms with Crippen molar-refractivity contribution in [2.24, 2.45) is 0 Å². The molecule has 0 fully saturated rings. The van der Waals surface area contributed by atoms with Crippen LogP contribution in [-0.4, -0.2) is 21.4 Å². The van der Waals surface area contributed by atoms with E-state index in [-0.39, 0.29) is 4.91 Å². The van der Waals surface area contributed by atoms with E-state index in [2.05, 4.69) is 5.32 Å². The van der Waals surface area contributed by atoms with Gasteiger partial charge in [-0.1, -0.05) is 60.1 Å². The van der Waals surface area contributed by atoms with Crippen LogP contribution in [0.5, 0.6) is 0 Å². The first-order valence-corrected chi connectivity index (χ1v) is 11.1. The standard InChI is InChI=1S/C23H19ClN2O3S/c1-15-14-17(24)12-13-19(15)25-23(27)22-21(16-8-4-3-5-9-16)18-10-6-7-11-20(18)26(2)30(22,28)29/h3-14H,1-2H3,(H,25,27). The first-order valence-electron chi connectivity index (χ1n) is 9.26. The van der Waals surface area contributed by atoms with Crippen molar-refractivity contribution in [3.63, 3.8) is 0 Å². The summed E-state index contributed by atoms with van der Waals surface area (Å²) >= 11 is 6.00. The molecule has 0 saturated carbocycles. The molecule has 0 unspecified atom stereocenters. The zero-order chi connectivity index (χ0) is 21.5. The second-order valence-electron chi connectivity index (χ2n) is 6.97. The number of amides is 1. The number of anilines is 2. The van der Waals surface area contributed by atoms with Gasteiger partial charge >= 0.3 is 0 Å². The van der Waals surface area contributed by atoms with Crippen LogP contribution < -0.4 is 9.62 Å². The van der Waals surface area contributed by atoms with Crippen molar-refractivity contribution in [2.45, 2.75) is 6.92 Å². The van der Waals surface area contributed by atoms with Crippen LogP contribution in [0, 0.1) is 6.92 Å². The topological polar surface area (TPSA) is 66.5 Å². The molecule has 0 aliphatic carbocycles. The second kappa shape index (κ2) is 7.63. The lowest BCUT2D eigenvalue weighted by molar-refractivity contribution is -0.112. The van der Waals surface area contributed by atoms with E-state index in [0.717, 1.165) is 9.87 Å². The molecule has 3 aromatic carbocycles. The van der Waals surface area contributed by atoms with Crippen molar-refractivity contribution >= 4 is 44.5 Å². The molecule has 30 heavy (non-hydrogen) atoms. The highest BCUT2D eigenvalue weighted by atomic mass is 35.5. The number of hydrogen-bond donors (Lipinski definition) is 1. The molecule has 0 spiro atoms. The lowest BCUT2D eigenvalue weighted by Crippen LogP contribution is -2.37. The molecule has 1 aliphatic heterocycles. The molecule has 0 aromatic heterocycles. The van der Waals surface area contributed by atoms with Gasteiger partial charge in [-0.15, -0.1) is 0 Å². The van der Waals surface area contributed by atoms with E-state index in [1.54, 1.807) is 49.4 Å². The normalized spacial score (nSPS) is 15.0. The highest BCUT2D eigenvalue weighted by Gasteiger charge is 2.39. The Morgan fingerprint density at radius 3 is 2.33 bits per heavy atom. The molecule has 0 radical (unpaired) electrons. The first kappa shape index (κ1) is 20.2. The number of halogens is 1. The number of nitrogens with zero attached hydrogens (tertiary/aromatic N) is 1. The number of hydrogen-bond acceptors (Lipinski definition) is 3. The fourth-order valence-electron chi connectivity index (χ4n) is 3.55. The zero-order valence-electron chi connectivity index (χ0n) is 16.4. The SMILES string of the molecule is Cc1cc(Cl)ccc1NC(=O)C1=C(c2ccccc2)c2ccccc2N(C)S1(=O)=O. The molecule has 5 nitrogen and oxygen atoms in total. The van der Waals surface area contributed by atoms with Crippen LogP contribution in [0.4, 0.5) is 11.4 Å². The summed E-state index contributed by atoms with van der Waals surface area (Å²) in [5, 5.41) is 3.29. The van der Waals surface area contributed by atoms with Gasteiger partial charge in [0.15, 0.2) is 4.91 Å². The maximum absolute atomic E-state index is 13.4. The van der Waals surface area contributed by atoms with E-state index in [1.165, 1.54) is 7.05 Å². The summed E-state index contributed by atoms with van der Waals surface area (Å²) in [6.45, 7) is 1.80. The van der Waals surface area contributed by atoms with Crippen LogP contribution in [0.3, 0.4) is 0 Å². The first-order chi connectivity index (χ1) is 14.3. The summed E-state index contributed by atoms with van der Waals surface area (Å²) in [5.41, 5.74) is 3.48. The van der Waals surface area contributed by atoms with Crippen LogP contribution in [0.2, 0.25) is 5.02 Å². The third-order valence-corrected chi connectivity index (χ3v) is 7.12. The second-order valence-corrected chi connectivity index (χ2v) is 9.32. The molecule has 1 N–H and O–H groups in total. The van der Waals surface area contributed by atoms with Gasteiger partial charge in [0.1, 0.15) is 0 Å². The maximum Gasteiger partial charge on any atom is 0.270 e. The van der Waals surface area contributed by atoms with Gasteiger partial charge in [0.25, 0.3) is 15.9 Å². The van der Waals surface area contributed by atoms with Crippen molar-refractivity contribution in [2.75, 3.05) is 16.7 Å². The molecule has 0 saturated heterocycles. The molecular weight excluding hydrogens is 420 g/mol. The van der Waals surface area contributed by atoms with Gasteiger partial charge in [-0.3, -0.25) is 9.10 Å². The van der Waals surface area contributed by atoms with Gasteiger partial charge in [-0.25, -0.2) is 8.42 Å². The average molecular weight is 439 g/mol. The number of aryl methyl sites for hydroxylation is 1. The largest absolute Gasteiger partial charge is 0.321 e. The molecule has 1 aliphatic rings. The maximum atomic E-state index is 13.4. The third kappa shape index (κ3) is 3.38. The number of benzene rings is 3. The Bertz CT molecular complexity index is 1280. The number of sulfonamides is 1. The fraction of sp³-hybridized carbons (Fsp3) is 0.0870. The minimum Gasteiger partial charge on any atom is -0.321 e. The number of carbonyl (C=O) groups is 1. The Hall–Kier alpha value is -3.09. The number of nitrogens with one attached hydrogen (secondary N) is 1. The van der Waals surface area contributed by atoms with Gasteiger partial charge in [0.05, 0.1) is 5.69 Å². The Balaban J connectivity index is 1.96. The Labute approximate surface area is 180 Å². The number of para-hydroxylation sites is 1. The zero-order valence-corrected chi connectivity index (χ0v) is 18.0. The quantitative estimate of drug-likeness (QED) is 0.637. The number of rotatable bonds is 3. The summed E-state index contributed by atoms with van der Waals surface area (Å²) in [7, 11) is -2.62. The van der Waals surface area contributed by atoms with Crippen LogP contribution >= 0.6 is 11.6 Å². The van der Waals surface area contributed by atoms with Gasteiger partial charge in [0, 0.05) is 28.9 Å². The van der Waals surface area contributed by atoms with Gasteiger partial charge in [-0.05, 0) is 42.3 Å². The van der Waals surface area contributed by atoms with Crippen LogP contribution in [-0.2, 0) is 14.8 Å². The lowest BCUT2D eigenvalue weighted by Gasteiger charge is -2.31. The highest BCUT2D eigenvalue weighted by molar-refractivity contribution is 7.97. The predicted molar refractivity (Wildman–Crippen MR) is 121 cm³/mol. The van der Waals surface area contributed by atoms with E-state index in [0.29, 0.717) is 33.1 Å². The van der Waals surface area contributed by atoms with Crippen LogP contribution in [0.25, 0.3) is 5.57 Å². The smallest absolute Gasteiger partial charge is 0.270 e. The van der Waals surface area contributed by atoms with E-state index in [4.69, 9.17) is 11.6 Å². The summed E-state index contributed by atoms with van der Waals surface area (Å²) in [6.07, 6.45) is 0. The average Bonchev–Trinajstić information content (AvgIpc) is 2.73. The number of fused-ring (bicyclic) bond motifs is 1. The summed E-state index contributed by atoms with van der Waals surface area (Å²) in [4.78, 5) is 13.1. The fourth-order valence-corrected chi connectivity index (χ4v) is 5.24. The van der Waals surface area contributed by atoms with Gasteiger partial charge in [0.2, 0.25) is 0 Å². The minimum absolute atomic E-state index is 0.288. The highest BCUT2D eigenvalue weighted by Crippen LogP contribution is 2.42. The minimum atomic E-state index is -4.08. The lowest BCUT2D eigenvalue weighted by atomic mass is 9.95. The Morgan fingerprint density at radius 2 is 1.63 bits per heavy atom. The molecular formula is C23H19ClN2O3S. The Kier molecular flexibility index (Phi) is 5.13. The van der Waals surface area contributed by atoms with E-state index < -0.39 is 15.9 Å². The van der Waals surface area contributed by atoms with Crippen molar-refractivity contribution in [1.82, 2.24) is 0 Å². The van der Waals surface area contributed by atoms with Crippen molar-refractivity contribution in [1.29, 1.82) is 0 Å². The molecule has 3 aromatic rings. The molecule has 7 heteroatoms. The number of carbonyl (C=O) groups excluding carboxylic acids is 1. The van der Waals surface area contributed by atoms with Crippen molar-refractivity contribution < 1.29 is 13.2 Å². The summed E-state index contributed by atoms with van der Waals surface area (Å²) in [6, 6.07) is 21.2. The molecule has 152 valence electrons. The summed E-state index contributed by atoms with van der Waals surface area (Å²) < 4.78 is 28.0. The van der Waals surface area contributed by atoms with Crippen LogP contribution in [0.15, 0.2) is 77.7 Å². The summed E-state index contributed by atoms with van der Waals surface area (Å²) in [5.74, 6) is -0.694. The van der Waals surface area contributed by atoms with Gasteiger partial charge in [-0.2, -0.15) is 0 Å². The van der Waals surface area contributed by atoms with Crippen molar-refractivity contribution in [3.05, 3.63) is 99.4 Å². The molecule has 0 atom stereocenters. The van der Waals surface area contributed by atoms with Crippen molar-refractivity contribution in [3.8, 4) is 0 Å². The molecule has 1 heterocycles. The molecule has 1 amide bonds. The van der Waals surface area contributed by atoms with E-state index in [1.807, 2.05) is 30.3 Å². The van der Waals surface area contributed by atoms with Crippen LogP contribution in [0.1, 0.15) is 16.7 Å².